The van der Waals surface area contributed by atoms with Crippen LogP contribution < -0.4 is 10.6 Å². The molecule has 0 unspecified atom stereocenters. The number of aromatic nitrogens is 6. The molecule has 0 radical (unpaired) electrons. The Labute approximate surface area is 194 Å². The first-order valence-electron chi connectivity index (χ1n) is 11.5. The summed E-state index contributed by atoms with van der Waals surface area (Å²) in [5.74, 6) is 1.35. The van der Waals surface area contributed by atoms with Crippen LogP contribution in [-0.2, 0) is 5.41 Å². The Morgan fingerprint density at radius 3 is 2.94 bits per heavy atom. The van der Waals surface area contributed by atoms with Crippen LogP contribution in [0, 0.1) is 17.7 Å². The average molecular weight is 455 g/mol. The number of hydrogen-bond acceptors (Lipinski definition) is 6. The molecule has 8 nitrogen and oxygen atoms in total. The number of rotatable bonds is 4. The summed E-state index contributed by atoms with van der Waals surface area (Å²) >= 11 is 0. The lowest BCUT2D eigenvalue weighted by Crippen LogP contribution is -2.32. The molecule has 1 aromatic carbocycles. The third-order valence-electron chi connectivity index (χ3n) is 7.81. The van der Waals surface area contributed by atoms with Gasteiger partial charge in [0.2, 0.25) is 0 Å². The summed E-state index contributed by atoms with van der Waals surface area (Å²) in [6.45, 7) is 2.08. The van der Waals surface area contributed by atoms with Crippen molar-refractivity contribution in [1.29, 1.82) is 0 Å². The summed E-state index contributed by atoms with van der Waals surface area (Å²) in [6, 6.07) is 13.0. The van der Waals surface area contributed by atoms with Gasteiger partial charge in [-0.3, -0.25) is 5.10 Å². The van der Waals surface area contributed by atoms with E-state index >= 15 is 0 Å². The standard InChI is InChI=1S/C25H23FN8/c26-19-6-2-1-5-17(19)25(14-27)16-8-11-33(13-18(16)25)21-12-28-23-22(31-32-24(23)30-21)15-4-3-10-34-20(15)7-9-29-34/h1-7,9-10,12,16,18H,8,11,13-14,27H2,(H,30,31,32)/t16-,18+,25-/m1/s1. The molecule has 1 aliphatic heterocycles. The van der Waals surface area contributed by atoms with Crippen molar-refractivity contribution in [3.63, 3.8) is 0 Å². The minimum Gasteiger partial charge on any atom is -0.355 e. The zero-order valence-electron chi connectivity index (χ0n) is 18.4. The van der Waals surface area contributed by atoms with Crippen molar-refractivity contribution < 1.29 is 4.39 Å². The fourth-order valence-electron chi connectivity index (χ4n) is 6.12. The Kier molecular flexibility index (Phi) is 4.08. The summed E-state index contributed by atoms with van der Waals surface area (Å²) in [6.07, 6.45) is 6.43. The predicted molar refractivity (Wildman–Crippen MR) is 127 cm³/mol. The molecule has 4 aromatic heterocycles. The Morgan fingerprint density at radius 2 is 2.06 bits per heavy atom. The van der Waals surface area contributed by atoms with Gasteiger partial charge in [0.15, 0.2) is 5.65 Å². The van der Waals surface area contributed by atoms with Crippen molar-refractivity contribution >= 4 is 22.5 Å². The number of fused-ring (bicyclic) bond motifs is 3. The maximum Gasteiger partial charge on any atom is 0.177 e. The third kappa shape index (κ3) is 2.61. The van der Waals surface area contributed by atoms with Crippen molar-refractivity contribution in [2.24, 2.45) is 17.6 Å². The molecule has 3 N–H and O–H groups in total. The fourth-order valence-corrected chi connectivity index (χ4v) is 6.12. The maximum absolute atomic E-state index is 14.7. The van der Waals surface area contributed by atoms with Crippen LogP contribution in [0.3, 0.4) is 0 Å². The molecule has 9 heteroatoms. The van der Waals surface area contributed by atoms with E-state index in [0.717, 1.165) is 53.2 Å². The topological polar surface area (TPSA) is 101 Å². The molecule has 0 bridgehead atoms. The third-order valence-corrected chi connectivity index (χ3v) is 7.81. The van der Waals surface area contributed by atoms with Crippen LogP contribution in [0.1, 0.15) is 12.0 Å². The largest absolute Gasteiger partial charge is 0.355 e. The Balaban J connectivity index is 1.20. The number of benzene rings is 1. The normalized spacial score (nSPS) is 24.0. The number of hydrogen-bond donors (Lipinski definition) is 2. The van der Waals surface area contributed by atoms with Crippen LogP contribution in [0.4, 0.5) is 10.2 Å². The van der Waals surface area contributed by atoms with Crippen molar-refractivity contribution in [2.75, 3.05) is 24.5 Å². The first-order chi connectivity index (χ1) is 16.7. The molecule has 2 fully saturated rings. The fraction of sp³-hybridized carbons (Fsp3) is 0.280. The molecule has 7 rings (SSSR count). The van der Waals surface area contributed by atoms with Crippen molar-refractivity contribution in [3.8, 4) is 11.3 Å². The molecule has 1 saturated carbocycles. The van der Waals surface area contributed by atoms with E-state index in [2.05, 4.69) is 20.2 Å². The second-order valence-electron chi connectivity index (χ2n) is 9.25. The van der Waals surface area contributed by atoms with Gasteiger partial charge in [0, 0.05) is 36.8 Å². The highest BCUT2D eigenvalue weighted by Gasteiger charge is 2.66. The molecule has 170 valence electrons. The second-order valence-corrected chi connectivity index (χ2v) is 9.25. The Hall–Kier alpha value is -3.85. The van der Waals surface area contributed by atoms with E-state index in [4.69, 9.17) is 15.7 Å². The molecule has 34 heavy (non-hydrogen) atoms. The summed E-state index contributed by atoms with van der Waals surface area (Å²) in [5, 5.41) is 11.9. The first kappa shape index (κ1) is 19.6. The molecular formula is C25H23FN8. The lowest BCUT2D eigenvalue weighted by Gasteiger charge is -2.26. The zero-order valence-corrected chi connectivity index (χ0v) is 18.4. The Bertz CT molecular complexity index is 1540. The van der Waals surface area contributed by atoms with E-state index in [0.29, 0.717) is 24.0 Å². The Morgan fingerprint density at radius 1 is 1.15 bits per heavy atom. The lowest BCUT2D eigenvalue weighted by atomic mass is 9.91. The van der Waals surface area contributed by atoms with Crippen LogP contribution >= 0.6 is 0 Å². The summed E-state index contributed by atoms with van der Waals surface area (Å²) in [5.41, 5.74) is 10.7. The summed E-state index contributed by atoms with van der Waals surface area (Å²) in [7, 11) is 0. The van der Waals surface area contributed by atoms with E-state index in [-0.39, 0.29) is 11.2 Å². The number of H-pyrrole nitrogens is 1. The monoisotopic (exact) mass is 454 g/mol. The number of nitrogens with zero attached hydrogens (tertiary/aromatic N) is 6. The maximum atomic E-state index is 14.7. The zero-order chi connectivity index (χ0) is 22.9. The quantitative estimate of drug-likeness (QED) is 0.433. The molecule has 1 aliphatic carbocycles. The van der Waals surface area contributed by atoms with Gasteiger partial charge in [-0.25, -0.2) is 18.9 Å². The molecule has 5 aromatic rings. The molecule has 1 saturated heterocycles. The van der Waals surface area contributed by atoms with Gasteiger partial charge in [0.25, 0.3) is 0 Å². The highest BCUT2D eigenvalue weighted by Crippen LogP contribution is 2.63. The van der Waals surface area contributed by atoms with Gasteiger partial charge >= 0.3 is 0 Å². The van der Waals surface area contributed by atoms with E-state index in [1.54, 1.807) is 12.3 Å². The molecule has 2 aliphatic rings. The highest BCUT2D eigenvalue weighted by molar-refractivity contribution is 5.93. The molecule has 0 amide bonds. The van der Waals surface area contributed by atoms with Gasteiger partial charge < -0.3 is 10.6 Å². The van der Waals surface area contributed by atoms with Crippen molar-refractivity contribution in [3.05, 3.63) is 72.4 Å². The number of anilines is 1. The predicted octanol–water partition coefficient (Wildman–Crippen LogP) is 3.16. The van der Waals surface area contributed by atoms with Crippen LogP contribution in [0.25, 0.3) is 27.9 Å². The number of aromatic amines is 1. The minimum atomic E-state index is -0.289. The SMILES string of the molecule is NC[C@]1(c2ccccc2F)[C@@H]2CCN(c3cnc4c(-c5cccn6nccc56)n[nH]c4n3)C[C@@H]21. The van der Waals surface area contributed by atoms with E-state index < -0.39 is 0 Å². The van der Waals surface area contributed by atoms with Crippen molar-refractivity contribution in [2.45, 2.75) is 11.8 Å². The second kappa shape index (κ2) is 7.07. The average Bonchev–Trinajstić information content (AvgIpc) is 3.18. The van der Waals surface area contributed by atoms with Crippen molar-refractivity contribution in [1.82, 2.24) is 29.8 Å². The van der Waals surface area contributed by atoms with Gasteiger partial charge in [-0.15, -0.1) is 0 Å². The first-order valence-corrected chi connectivity index (χ1v) is 11.5. The molecular weight excluding hydrogens is 431 g/mol. The van der Waals surface area contributed by atoms with E-state index in [9.17, 15) is 4.39 Å². The lowest BCUT2D eigenvalue weighted by molar-refractivity contribution is 0.533. The van der Waals surface area contributed by atoms with Gasteiger partial charge in [-0.2, -0.15) is 10.2 Å². The number of nitrogens with one attached hydrogen (secondary N) is 1. The minimum absolute atomic E-state index is 0.159. The van der Waals surface area contributed by atoms with E-state index in [1.165, 1.54) is 6.07 Å². The van der Waals surface area contributed by atoms with Gasteiger partial charge in [0.05, 0.1) is 17.9 Å². The highest BCUT2D eigenvalue weighted by atomic mass is 19.1. The van der Waals surface area contributed by atoms with E-state index in [1.807, 2.05) is 47.2 Å². The number of pyridine rings is 1. The van der Waals surface area contributed by atoms with Gasteiger partial charge in [0.1, 0.15) is 22.8 Å². The number of halogens is 1. The molecule has 0 spiro atoms. The van der Waals surface area contributed by atoms with Crippen LogP contribution in [0.5, 0.6) is 0 Å². The van der Waals surface area contributed by atoms with Gasteiger partial charge in [-0.1, -0.05) is 18.2 Å². The summed E-state index contributed by atoms with van der Waals surface area (Å²) in [4.78, 5) is 11.8. The number of nitrogens with two attached hydrogens (primary N) is 1. The van der Waals surface area contributed by atoms with Crippen LogP contribution in [0.15, 0.2) is 61.1 Å². The molecule has 3 atom stereocenters. The number of piperidine rings is 1. The van der Waals surface area contributed by atoms with Gasteiger partial charge in [-0.05, 0) is 48.1 Å². The smallest absolute Gasteiger partial charge is 0.177 e. The van der Waals surface area contributed by atoms with Crippen LogP contribution in [-0.4, -0.2) is 49.4 Å². The summed E-state index contributed by atoms with van der Waals surface area (Å²) < 4.78 is 16.5. The van der Waals surface area contributed by atoms with Crippen LogP contribution in [0.2, 0.25) is 0 Å². The molecule has 5 heterocycles.